The Morgan fingerprint density at radius 2 is 1.51 bits per heavy atom. The zero-order chi connectivity index (χ0) is 29.0. The summed E-state index contributed by atoms with van der Waals surface area (Å²) >= 11 is 0. The van der Waals surface area contributed by atoms with E-state index < -0.39 is 21.1 Å². The maximum Gasteiger partial charge on any atom is 0.342 e. The molecule has 6 nitrogen and oxygen atoms in total. The van der Waals surface area contributed by atoms with Crippen molar-refractivity contribution in [2.24, 2.45) is 0 Å². The van der Waals surface area contributed by atoms with Crippen LogP contribution in [-0.2, 0) is 34.7 Å². The van der Waals surface area contributed by atoms with Gasteiger partial charge in [0, 0.05) is 16.7 Å². The van der Waals surface area contributed by atoms with Crippen LogP contribution in [0.3, 0.4) is 0 Å². The molecule has 1 fully saturated rings. The van der Waals surface area contributed by atoms with Crippen LogP contribution in [0.4, 0.5) is 5.69 Å². The summed E-state index contributed by atoms with van der Waals surface area (Å²) in [5, 5.41) is 11.5. The molecule has 0 aliphatic heterocycles. The fourth-order valence-electron chi connectivity index (χ4n) is 5.70. The Bertz CT molecular complexity index is 1650. The number of anilines is 1. The zero-order valence-corrected chi connectivity index (χ0v) is 24.4. The molecular formula is C34H37NO5S. The molecule has 214 valence electrons. The maximum atomic E-state index is 13.4. The van der Waals surface area contributed by atoms with Gasteiger partial charge in [-0.1, -0.05) is 74.5 Å². The van der Waals surface area contributed by atoms with E-state index in [4.69, 9.17) is 4.42 Å². The summed E-state index contributed by atoms with van der Waals surface area (Å²) in [4.78, 5) is 13.6. The molecule has 0 bridgehead atoms. The molecule has 0 radical (unpaired) electrons. The smallest absolute Gasteiger partial charge is 0.342 e. The average molecular weight is 572 g/mol. The molecule has 0 unspecified atom stereocenters. The molecule has 1 aromatic heterocycles. The number of nitrogens with one attached hydrogen (secondary N) is 1. The normalized spacial score (nSPS) is 13.7. The topological polar surface area (TPSA) is 96.6 Å². The molecule has 0 atom stereocenters. The van der Waals surface area contributed by atoms with E-state index in [2.05, 4.69) is 30.7 Å². The SMILES string of the molecule is CCC(CC)(Cc1ccccc1)c1oc(=O)c(CCc2cccc(NS(=O)(=O)c3ccccc3)c2)c(O)c1C1CC1. The largest absolute Gasteiger partial charge is 0.507 e. The number of aromatic hydroxyl groups is 1. The minimum absolute atomic E-state index is 0.0685. The lowest BCUT2D eigenvalue weighted by Gasteiger charge is -2.33. The number of sulfonamides is 1. The van der Waals surface area contributed by atoms with Crippen LogP contribution in [0, 0.1) is 0 Å². The number of hydrogen-bond acceptors (Lipinski definition) is 5. The molecule has 3 aromatic carbocycles. The lowest BCUT2D eigenvalue weighted by molar-refractivity contribution is 0.280. The third kappa shape index (κ3) is 6.25. The van der Waals surface area contributed by atoms with Gasteiger partial charge < -0.3 is 9.52 Å². The minimum atomic E-state index is -3.72. The van der Waals surface area contributed by atoms with E-state index in [1.807, 2.05) is 24.3 Å². The third-order valence-corrected chi connectivity index (χ3v) is 9.73. The molecule has 0 spiro atoms. The first-order valence-corrected chi connectivity index (χ1v) is 15.8. The number of hydrogen-bond donors (Lipinski definition) is 2. The molecule has 4 aromatic rings. The van der Waals surface area contributed by atoms with Gasteiger partial charge in [-0.15, -0.1) is 0 Å². The predicted octanol–water partition coefficient (Wildman–Crippen LogP) is 7.11. The van der Waals surface area contributed by atoms with Crippen molar-refractivity contribution in [3.8, 4) is 5.75 Å². The van der Waals surface area contributed by atoms with Crippen molar-refractivity contribution in [1.82, 2.24) is 0 Å². The van der Waals surface area contributed by atoms with Crippen molar-refractivity contribution < 1.29 is 17.9 Å². The first-order chi connectivity index (χ1) is 19.8. The second kappa shape index (κ2) is 12.0. The van der Waals surface area contributed by atoms with Crippen LogP contribution in [0.1, 0.15) is 73.5 Å². The lowest BCUT2D eigenvalue weighted by Crippen LogP contribution is -2.31. The molecule has 1 aliphatic carbocycles. The van der Waals surface area contributed by atoms with Crippen molar-refractivity contribution in [3.05, 3.63) is 123 Å². The number of aryl methyl sites for hydroxylation is 1. The Kier molecular flexibility index (Phi) is 8.36. The molecule has 2 N–H and O–H groups in total. The summed E-state index contributed by atoms with van der Waals surface area (Å²) in [5.41, 5.74) is 2.64. The van der Waals surface area contributed by atoms with Gasteiger partial charge in [-0.25, -0.2) is 13.2 Å². The van der Waals surface area contributed by atoms with E-state index in [9.17, 15) is 18.3 Å². The van der Waals surface area contributed by atoms with Crippen LogP contribution in [-0.4, -0.2) is 13.5 Å². The second-order valence-electron chi connectivity index (χ2n) is 11.0. The molecule has 7 heteroatoms. The minimum Gasteiger partial charge on any atom is -0.507 e. The van der Waals surface area contributed by atoms with Crippen molar-refractivity contribution in [1.29, 1.82) is 0 Å². The number of rotatable bonds is 12. The van der Waals surface area contributed by atoms with Crippen molar-refractivity contribution in [2.75, 3.05) is 4.72 Å². The molecule has 0 saturated heterocycles. The first kappa shape index (κ1) is 28.7. The summed E-state index contributed by atoms with van der Waals surface area (Å²) in [6.07, 6.45) is 4.95. The van der Waals surface area contributed by atoms with E-state index in [1.165, 1.54) is 5.56 Å². The molecule has 1 heterocycles. The van der Waals surface area contributed by atoms with Crippen LogP contribution in [0.15, 0.2) is 99.0 Å². The van der Waals surface area contributed by atoms with Gasteiger partial charge in [0.25, 0.3) is 10.0 Å². The van der Waals surface area contributed by atoms with Gasteiger partial charge in [-0.2, -0.15) is 0 Å². The summed E-state index contributed by atoms with van der Waals surface area (Å²) in [5.74, 6) is 0.897. The molecule has 0 amide bonds. The van der Waals surface area contributed by atoms with E-state index in [1.54, 1.807) is 48.5 Å². The van der Waals surface area contributed by atoms with Gasteiger partial charge in [-0.05, 0) is 86.3 Å². The van der Waals surface area contributed by atoms with Crippen LogP contribution < -0.4 is 10.3 Å². The first-order valence-electron chi connectivity index (χ1n) is 14.4. The highest BCUT2D eigenvalue weighted by Crippen LogP contribution is 2.51. The predicted molar refractivity (Wildman–Crippen MR) is 162 cm³/mol. The molecular weight excluding hydrogens is 534 g/mol. The Morgan fingerprint density at radius 3 is 2.15 bits per heavy atom. The van der Waals surface area contributed by atoms with Gasteiger partial charge in [0.15, 0.2) is 0 Å². The van der Waals surface area contributed by atoms with Crippen molar-refractivity contribution >= 4 is 15.7 Å². The van der Waals surface area contributed by atoms with E-state index in [-0.39, 0.29) is 28.5 Å². The quantitative estimate of drug-likeness (QED) is 0.189. The third-order valence-electron chi connectivity index (χ3n) is 8.33. The zero-order valence-electron chi connectivity index (χ0n) is 23.6. The van der Waals surface area contributed by atoms with Gasteiger partial charge in [0.1, 0.15) is 11.5 Å². The fraction of sp³-hybridized carbons (Fsp3) is 0.324. The monoisotopic (exact) mass is 571 g/mol. The highest BCUT2D eigenvalue weighted by Gasteiger charge is 2.41. The molecule has 1 aliphatic rings. The Balaban J connectivity index is 1.42. The van der Waals surface area contributed by atoms with Gasteiger partial charge >= 0.3 is 5.63 Å². The van der Waals surface area contributed by atoms with Crippen LogP contribution in [0.2, 0.25) is 0 Å². The average Bonchev–Trinajstić information content (AvgIpc) is 3.82. The maximum absolute atomic E-state index is 13.4. The fourth-order valence-corrected chi connectivity index (χ4v) is 6.77. The standard InChI is InChI=1S/C34H37NO5S/c1-3-34(4-2,23-25-12-7-5-8-13-25)32-30(26-19-20-26)31(36)29(33(37)40-32)21-18-24-14-11-15-27(22-24)35-41(38,39)28-16-9-6-10-17-28/h5-17,22,26,35-36H,3-4,18-21,23H2,1-2H3. The Hall–Kier alpha value is -3.84. The van der Waals surface area contributed by atoms with E-state index >= 15 is 0 Å². The molecule has 5 rings (SSSR count). The van der Waals surface area contributed by atoms with Crippen molar-refractivity contribution in [2.45, 2.75) is 75.0 Å². The van der Waals surface area contributed by atoms with Crippen LogP contribution in [0.25, 0.3) is 0 Å². The highest BCUT2D eigenvalue weighted by molar-refractivity contribution is 7.92. The second-order valence-corrected chi connectivity index (χ2v) is 12.7. The summed E-state index contributed by atoms with van der Waals surface area (Å²) in [7, 11) is -3.72. The Labute approximate surface area is 242 Å². The molecule has 1 saturated carbocycles. The molecule has 41 heavy (non-hydrogen) atoms. The van der Waals surface area contributed by atoms with Crippen LogP contribution in [0.5, 0.6) is 5.75 Å². The lowest BCUT2D eigenvalue weighted by atomic mass is 9.72. The summed E-state index contributed by atoms with van der Waals surface area (Å²) in [6.45, 7) is 4.24. The summed E-state index contributed by atoms with van der Waals surface area (Å²) in [6, 6.07) is 25.5. The van der Waals surface area contributed by atoms with E-state index in [0.717, 1.165) is 43.2 Å². The summed E-state index contributed by atoms with van der Waals surface area (Å²) < 4.78 is 34.3. The van der Waals surface area contributed by atoms with Crippen LogP contribution >= 0.6 is 0 Å². The highest BCUT2D eigenvalue weighted by atomic mass is 32.2. The van der Waals surface area contributed by atoms with Gasteiger partial charge in [0.2, 0.25) is 0 Å². The van der Waals surface area contributed by atoms with Gasteiger partial charge in [-0.3, -0.25) is 4.72 Å². The van der Waals surface area contributed by atoms with Crippen molar-refractivity contribution in [3.63, 3.8) is 0 Å². The Morgan fingerprint density at radius 1 is 0.878 bits per heavy atom. The van der Waals surface area contributed by atoms with Gasteiger partial charge in [0.05, 0.1) is 10.5 Å². The van der Waals surface area contributed by atoms with E-state index in [0.29, 0.717) is 17.9 Å². The number of benzene rings is 3.